The van der Waals surface area contributed by atoms with E-state index in [0.717, 1.165) is 17.7 Å². The van der Waals surface area contributed by atoms with Crippen molar-refractivity contribution < 1.29 is 23.1 Å². The number of carbonyl (C=O) groups is 1. The number of aliphatic hydroxyl groups is 1. The van der Waals surface area contributed by atoms with Crippen LogP contribution >= 0.6 is 0 Å². The molecule has 0 aliphatic rings. The smallest absolute Gasteiger partial charge is 0.382 e. The molecule has 1 amide bonds. The van der Waals surface area contributed by atoms with Gasteiger partial charge < -0.3 is 10.4 Å². The van der Waals surface area contributed by atoms with E-state index in [0.29, 0.717) is 22.5 Å². The first kappa shape index (κ1) is 22.5. The average molecular weight is 428 g/mol. The largest absolute Gasteiger partial charge is 0.416 e. The quantitative estimate of drug-likeness (QED) is 0.535. The number of hydrogen-bond acceptors (Lipinski definition) is 3. The Labute approximate surface area is 178 Å². The Morgan fingerprint density at radius 3 is 2.35 bits per heavy atom. The number of nitrogens with zero attached hydrogens (tertiary/aromatic N) is 1. The van der Waals surface area contributed by atoms with Crippen LogP contribution in [0.4, 0.5) is 18.9 Å². The Morgan fingerprint density at radius 1 is 1.06 bits per heavy atom. The molecular weight excluding hydrogens is 405 g/mol. The predicted octanol–water partition coefficient (Wildman–Crippen LogP) is 5.62. The molecule has 7 heteroatoms. The third-order valence-corrected chi connectivity index (χ3v) is 5.12. The number of halogens is 3. The first-order valence-electron chi connectivity index (χ1n) is 9.81. The number of hydrogen-bond donors (Lipinski definition) is 2. The minimum Gasteiger partial charge on any atom is -0.382 e. The van der Waals surface area contributed by atoms with Gasteiger partial charge in [0, 0.05) is 18.3 Å². The number of pyridine rings is 1. The molecule has 0 saturated heterocycles. The molecule has 0 aliphatic heterocycles. The Balaban J connectivity index is 1.68. The van der Waals surface area contributed by atoms with Crippen molar-refractivity contribution in [2.45, 2.75) is 38.5 Å². The van der Waals surface area contributed by atoms with Crippen molar-refractivity contribution in [3.05, 3.63) is 94.8 Å². The SMILES string of the molecule is Cc1ccc([C@H](O)c2ccccn2)cc1NC(=O)C[C@@H](C)c1ccc(C(F)(F)F)cc1. The number of benzene rings is 2. The summed E-state index contributed by atoms with van der Waals surface area (Å²) in [4.78, 5) is 16.7. The van der Waals surface area contributed by atoms with Crippen LogP contribution in [-0.2, 0) is 11.0 Å². The summed E-state index contributed by atoms with van der Waals surface area (Å²) in [7, 11) is 0. The van der Waals surface area contributed by atoms with Gasteiger partial charge in [-0.2, -0.15) is 13.2 Å². The Morgan fingerprint density at radius 2 is 1.74 bits per heavy atom. The zero-order chi connectivity index (χ0) is 22.6. The minimum atomic E-state index is -4.39. The summed E-state index contributed by atoms with van der Waals surface area (Å²) in [5.41, 5.74) is 2.42. The van der Waals surface area contributed by atoms with Gasteiger partial charge in [0.15, 0.2) is 0 Å². The summed E-state index contributed by atoms with van der Waals surface area (Å²) in [5.74, 6) is -0.523. The molecule has 2 aromatic carbocycles. The van der Waals surface area contributed by atoms with Crippen LogP contribution < -0.4 is 5.32 Å². The summed E-state index contributed by atoms with van der Waals surface area (Å²) < 4.78 is 38.2. The molecule has 162 valence electrons. The van der Waals surface area contributed by atoms with Gasteiger partial charge in [-0.3, -0.25) is 9.78 Å². The second-order valence-corrected chi connectivity index (χ2v) is 7.50. The van der Waals surface area contributed by atoms with E-state index in [4.69, 9.17) is 0 Å². The lowest BCUT2D eigenvalue weighted by molar-refractivity contribution is -0.137. The maximum atomic E-state index is 12.7. The van der Waals surface area contributed by atoms with Gasteiger partial charge in [0.05, 0.1) is 11.3 Å². The molecule has 0 spiro atoms. The number of alkyl halides is 3. The van der Waals surface area contributed by atoms with E-state index in [1.807, 2.05) is 6.92 Å². The van der Waals surface area contributed by atoms with Crippen molar-refractivity contribution in [1.82, 2.24) is 4.98 Å². The van der Waals surface area contributed by atoms with E-state index >= 15 is 0 Å². The minimum absolute atomic E-state index is 0.109. The topological polar surface area (TPSA) is 62.2 Å². The van der Waals surface area contributed by atoms with Crippen LogP contribution in [0.15, 0.2) is 66.9 Å². The van der Waals surface area contributed by atoms with Crippen LogP contribution in [0, 0.1) is 6.92 Å². The number of carbonyl (C=O) groups excluding carboxylic acids is 1. The Bertz CT molecular complexity index is 1030. The standard InChI is InChI=1S/C24H23F3N2O2/c1-15-6-7-18(23(31)20-5-3-4-12-28-20)14-21(15)29-22(30)13-16(2)17-8-10-19(11-9-17)24(25,26)27/h3-12,14,16,23,31H,13H2,1-2H3,(H,29,30)/t16-,23+/m1/s1. The van der Waals surface area contributed by atoms with Gasteiger partial charge in [0.1, 0.15) is 6.10 Å². The molecule has 4 nitrogen and oxygen atoms in total. The summed E-state index contributed by atoms with van der Waals surface area (Å²) in [6.07, 6.45) is -3.61. The zero-order valence-electron chi connectivity index (χ0n) is 17.1. The average Bonchev–Trinajstić information content (AvgIpc) is 2.75. The lowest BCUT2D eigenvalue weighted by atomic mass is 9.96. The molecule has 31 heavy (non-hydrogen) atoms. The van der Waals surface area contributed by atoms with Crippen LogP contribution in [0.2, 0.25) is 0 Å². The van der Waals surface area contributed by atoms with Gasteiger partial charge in [-0.25, -0.2) is 0 Å². The third kappa shape index (κ3) is 5.70. The van der Waals surface area contributed by atoms with Crippen molar-refractivity contribution in [3.8, 4) is 0 Å². The molecule has 3 aromatic rings. The van der Waals surface area contributed by atoms with Crippen LogP contribution in [0.5, 0.6) is 0 Å². The zero-order valence-corrected chi connectivity index (χ0v) is 17.1. The summed E-state index contributed by atoms with van der Waals surface area (Å²) in [6, 6.07) is 15.4. The molecule has 0 radical (unpaired) electrons. The molecule has 2 N–H and O–H groups in total. The Hall–Kier alpha value is -3.19. The molecular formula is C24H23F3N2O2. The fraction of sp³-hybridized carbons (Fsp3) is 0.250. The van der Waals surface area contributed by atoms with Gasteiger partial charge in [0.2, 0.25) is 5.91 Å². The van der Waals surface area contributed by atoms with Gasteiger partial charge >= 0.3 is 6.18 Å². The second-order valence-electron chi connectivity index (χ2n) is 7.50. The predicted molar refractivity (Wildman–Crippen MR) is 113 cm³/mol. The summed E-state index contributed by atoms with van der Waals surface area (Å²) in [6.45, 7) is 3.63. The fourth-order valence-corrected chi connectivity index (χ4v) is 3.25. The lowest BCUT2D eigenvalue weighted by Gasteiger charge is -2.16. The van der Waals surface area contributed by atoms with Crippen LogP contribution in [0.1, 0.15) is 53.3 Å². The molecule has 3 rings (SSSR count). The summed E-state index contributed by atoms with van der Waals surface area (Å²) in [5, 5.41) is 13.4. The highest BCUT2D eigenvalue weighted by atomic mass is 19.4. The normalized spacial score (nSPS) is 13.5. The number of aryl methyl sites for hydroxylation is 1. The lowest BCUT2D eigenvalue weighted by Crippen LogP contribution is -2.16. The molecule has 0 saturated carbocycles. The van der Waals surface area contributed by atoms with E-state index < -0.39 is 17.8 Å². The van der Waals surface area contributed by atoms with E-state index in [1.54, 1.807) is 49.5 Å². The molecule has 1 heterocycles. The van der Waals surface area contributed by atoms with Gasteiger partial charge in [-0.15, -0.1) is 0 Å². The number of aliphatic hydroxyl groups excluding tert-OH is 1. The number of rotatable bonds is 6. The van der Waals surface area contributed by atoms with Crippen LogP contribution in [-0.4, -0.2) is 16.0 Å². The van der Waals surface area contributed by atoms with Crippen LogP contribution in [0.25, 0.3) is 0 Å². The number of anilines is 1. The highest BCUT2D eigenvalue weighted by molar-refractivity contribution is 5.92. The summed E-state index contributed by atoms with van der Waals surface area (Å²) >= 11 is 0. The van der Waals surface area contributed by atoms with Gasteiger partial charge in [-0.1, -0.05) is 37.3 Å². The van der Waals surface area contributed by atoms with Gasteiger partial charge in [-0.05, 0) is 59.9 Å². The maximum absolute atomic E-state index is 12.7. The van der Waals surface area contributed by atoms with Crippen molar-refractivity contribution in [3.63, 3.8) is 0 Å². The van der Waals surface area contributed by atoms with Crippen molar-refractivity contribution in [1.29, 1.82) is 0 Å². The van der Waals surface area contributed by atoms with Crippen LogP contribution in [0.3, 0.4) is 0 Å². The van der Waals surface area contributed by atoms with E-state index in [-0.39, 0.29) is 18.2 Å². The van der Waals surface area contributed by atoms with E-state index in [1.165, 1.54) is 12.1 Å². The molecule has 0 unspecified atom stereocenters. The first-order chi connectivity index (χ1) is 14.6. The third-order valence-electron chi connectivity index (χ3n) is 5.12. The van der Waals surface area contributed by atoms with Crippen molar-refractivity contribution in [2.24, 2.45) is 0 Å². The monoisotopic (exact) mass is 428 g/mol. The Kier molecular flexibility index (Phi) is 6.75. The van der Waals surface area contributed by atoms with E-state index in [9.17, 15) is 23.1 Å². The second kappa shape index (κ2) is 9.31. The highest BCUT2D eigenvalue weighted by Crippen LogP contribution is 2.31. The molecule has 0 aliphatic carbocycles. The maximum Gasteiger partial charge on any atom is 0.416 e. The number of amides is 1. The van der Waals surface area contributed by atoms with Crippen molar-refractivity contribution in [2.75, 3.05) is 5.32 Å². The molecule has 0 bridgehead atoms. The molecule has 0 fully saturated rings. The highest BCUT2D eigenvalue weighted by Gasteiger charge is 2.30. The molecule has 2 atom stereocenters. The number of aromatic nitrogens is 1. The number of nitrogens with one attached hydrogen (secondary N) is 1. The molecule has 1 aromatic heterocycles. The van der Waals surface area contributed by atoms with Crippen molar-refractivity contribution >= 4 is 11.6 Å². The fourth-order valence-electron chi connectivity index (χ4n) is 3.25. The first-order valence-corrected chi connectivity index (χ1v) is 9.81. The van der Waals surface area contributed by atoms with Gasteiger partial charge in [0.25, 0.3) is 0 Å². The van der Waals surface area contributed by atoms with E-state index in [2.05, 4.69) is 10.3 Å².